The summed E-state index contributed by atoms with van der Waals surface area (Å²) in [4.78, 5) is 37.3. The third-order valence-corrected chi connectivity index (χ3v) is 3.25. The predicted octanol–water partition coefficient (Wildman–Crippen LogP) is 0.895. The van der Waals surface area contributed by atoms with Crippen LogP contribution in [-0.4, -0.2) is 31.6 Å². The number of rotatable bonds is 7. The lowest BCUT2D eigenvalue weighted by molar-refractivity contribution is -0.392. The third-order valence-electron chi connectivity index (χ3n) is 3.25. The molecule has 0 aliphatic carbocycles. The van der Waals surface area contributed by atoms with E-state index in [0.29, 0.717) is 5.82 Å². The summed E-state index contributed by atoms with van der Waals surface area (Å²) >= 11 is 0. The fourth-order valence-electron chi connectivity index (χ4n) is 2.06. The molecule has 0 fully saturated rings. The maximum Gasteiger partial charge on any atom is 0.342 e. The Balaban J connectivity index is 1.82. The molecule has 2 aromatic heterocycles. The number of nitro groups is 1. The van der Waals surface area contributed by atoms with E-state index in [2.05, 4.69) is 4.98 Å². The van der Waals surface area contributed by atoms with Gasteiger partial charge in [-0.15, -0.1) is 0 Å². The quantitative estimate of drug-likeness (QED) is 0.426. The van der Waals surface area contributed by atoms with E-state index in [4.69, 9.17) is 4.74 Å². The van der Waals surface area contributed by atoms with Crippen LogP contribution in [0.15, 0.2) is 35.4 Å². The Morgan fingerprint density at radius 2 is 2.17 bits per heavy atom. The second kappa shape index (κ2) is 7.34. The van der Waals surface area contributed by atoms with Gasteiger partial charge in [0.25, 0.3) is 5.56 Å². The lowest BCUT2D eigenvalue weighted by atomic mass is 10.4. The van der Waals surface area contributed by atoms with Crippen molar-refractivity contribution in [3.8, 4) is 0 Å². The molecule has 0 aromatic carbocycles. The fourth-order valence-corrected chi connectivity index (χ4v) is 2.06. The molecule has 0 saturated carbocycles. The summed E-state index contributed by atoms with van der Waals surface area (Å²) in [6.45, 7) is 2.01. The number of aromatic nitrogens is 3. The molecule has 0 aliphatic heterocycles. The van der Waals surface area contributed by atoms with Crippen molar-refractivity contribution in [3.63, 3.8) is 0 Å². The van der Waals surface area contributed by atoms with E-state index in [-0.39, 0.29) is 37.5 Å². The molecule has 0 aliphatic rings. The smallest absolute Gasteiger partial charge is 0.342 e. The first kappa shape index (κ1) is 16.4. The first-order chi connectivity index (χ1) is 11.0. The standard InChI is InChI=1S/C14H16N4O5/c1-11-15-10-12(18(21)22)17(11)8-9-23-14(20)5-7-16-6-3-2-4-13(16)19/h2-4,6,10H,5,7-9H2,1H3. The summed E-state index contributed by atoms with van der Waals surface area (Å²) in [5.74, 6) is -0.140. The van der Waals surface area contributed by atoms with Crippen LogP contribution in [0.2, 0.25) is 0 Å². The van der Waals surface area contributed by atoms with Crippen molar-refractivity contribution in [1.82, 2.24) is 14.1 Å². The Labute approximate surface area is 131 Å². The number of pyridine rings is 1. The summed E-state index contributed by atoms with van der Waals surface area (Å²) in [5.41, 5.74) is -0.190. The maximum atomic E-state index is 11.7. The van der Waals surface area contributed by atoms with Gasteiger partial charge in [-0.2, -0.15) is 0 Å². The monoisotopic (exact) mass is 320 g/mol. The van der Waals surface area contributed by atoms with Crippen molar-refractivity contribution in [2.45, 2.75) is 26.4 Å². The van der Waals surface area contributed by atoms with E-state index >= 15 is 0 Å². The SMILES string of the molecule is Cc1ncc([N+](=O)[O-])n1CCOC(=O)CCn1ccccc1=O. The summed E-state index contributed by atoms with van der Waals surface area (Å²) in [6, 6.07) is 4.73. The van der Waals surface area contributed by atoms with Gasteiger partial charge < -0.3 is 19.4 Å². The molecule has 122 valence electrons. The Morgan fingerprint density at radius 1 is 1.39 bits per heavy atom. The number of hydrogen-bond donors (Lipinski definition) is 0. The van der Waals surface area contributed by atoms with Gasteiger partial charge in [-0.05, 0) is 11.0 Å². The highest BCUT2D eigenvalue weighted by molar-refractivity contribution is 5.69. The largest absolute Gasteiger partial charge is 0.461 e. The van der Waals surface area contributed by atoms with Gasteiger partial charge in [-0.25, -0.2) is 9.55 Å². The third kappa shape index (κ3) is 4.25. The zero-order valence-corrected chi connectivity index (χ0v) is 12.5. The molecule has 0 radical (unpaired) electrons. The van der Waals surface area contributed by atoms with E-state index in [1.54, 1.807) is 25.3 Å². The molecule has 0 N–H and O–H groups in total. The van der Waals surface area contributed by atoms with Crippen LogP contribution in [0.4, 0.5) is 5.82 Å². The molecule has 2 heterocycles. The van der Waals surface area contributed by atoms with Crippen LogP contribution in [-0.2, 0) is 22.6 Å². The lowest BCUT2D eigenvalue weighted by Gasteiger charge is -2.06. The Kier molecular flexibility index (Phi) is 5.23. The average Bonchev–Trinajstić information content (AvgIpc) is 2.88. The van der Waals surface area contributed by atoms with Crippen LogP contribution in [0.5, 0.6) is 0 Å². The zero-order chi connectivity index (χ0) is 16.8. The number of carbonyl (C=O) groups excluding carboxylic acids is 1. The van der Waals surface area contributed by atoms with Crippen molar-refractivity contribution < 1.29 is 14.5 Å². The number of imidazole rings is 1. The Bertz CT molecular complexity index is 765. The predicted molar refractivity (Wildman–Crippen MR) is 79.9 cm³/mol. The highest BCUT2D eigenvalue weighted by Gasteiger charge is 2.17. The molecule has 0 spiro atoms. The highest BCUT2D eigenvalue weighted by Crippen LogP contribution is 2.13. The molecule has 2 aromatic rings. The first-order valence-corrected chi connectivity index (χ1v) is 6.96. The number of nitrogens with zero attached hydrogens (tertiary/aromatic N) is 4. The molecule has 0 atom stereocenters. The number of esters is 1. The van der Waals surface area contributed by atoms with Gasteiger partial charge in [0, 0.05) is 25.7 Å². The van der Waals surface area contributed by atoms with Crippen molar-refractivity contribution in [3.05, 3.63) is 56.9 Å². The summed E-state index contributed by atoms with van der Waals surface area (Å²) in [7, 11) is 0. The van der Waals surface area contributed by atoms with Crippen LogP contribution in [0.1, 0.15) is 12.2 Å². The minimum atomic E-state index is -0.538. The van der Waals surface area contributed by atoms with Crippen molar-refractivity contribution in [2.24, 2.45) is 0 Å². The van der Waals surface area contributed by atoms with Crippen LogP contribution < -0.4 is 5.56 Å². The van der Waals surface area contributed by atoms with Crippen molar-refractivity contribution >= 4 is 11.8 Å². The normalized spacial score (nSPS) is 10.5. The van der Waals surface area contributed by atoms with E-state index in [1.807, 2.05) is 0 Å². The minimum Gasteiger partial charge on any atom is -0.461 e. The van der Waals surface area contributed by atoms with Crippen LogP contribution in [0, 0.1) is 17.0 Å². The van der Waals surface area contributed by atoms with Crippen LogP contribution >= 0.6 is 0 Å². The number of carbonyl (C=O) groups is 1. The molecule has 9 heteroatoms. The lowest BCUT2D eigenvalue weighted by Crippen LogP contribution is -2.21. The topological polar surface area (TPSA) is 109 Å². The van der Waals surface area contributed by atoms with Crippen molar-refractivity contribution in [2.75, 3.05) is 6.61 Å². The van der Waals surface area contributed by atoms with Gasteiger partial charge in [-0.1, -0.05) is 6.07 Å². The molecule has 9 nitrogen and oxygen atoms in total. The first-order valence-electron chi connectivity index (χ1n) is 6.96. The highest BCUT2D eigenvalue weighted by atomic mass is 16.6. The zero-order valence-electron chi connectivity index (χ0n) is 12.5. The summed E-state index contributed by atoms with van der Waals surface area (Å²) in [6.07, 6.45) is 2.81. The molecular weight excluding hydrogens is 304 g/mol. The van der Waals surface area contributed by atoms with E-state index in [0.717, 1.165) is 0 Å². The number of hydrogen-bond acceptors (Lipinski definition) is 6. The molecule has 0 bridgehead atoms. The molecule has 23 heavy (non-hydrogen) atoms. The van der Waals surface area contributed by atoms with E-state index in [9.17, 15) is 19.7 Å². The second-order valence-electron chi connectivity index (χ2n) is 4.78. The van der Waals surface area contributed by atoms with Crippen molar-refractivity contribution in [1.29, 1.82) is 0 Å². The molecule has 0 saturated heterocycles. The van der Waals surface area contributed by atoms with Crippen LogP contribution in [0.25, 0.3) is 0 Å². The maximum absolute atomic E-state index is 11.7. The van der Waals surface area contributed by atoms with Gasteiger partial charge in [0.15, 0.2) is 5.82 Å². The molecule has 0 unspecified atom stereocenters. The van der Waals surface area contributed by atoms with Gasteiger partial charge in [0.05, 0.1) is 6.42 Å². The fraction of sp³-hybridized carbons (Fsp3) is 0.357. The average molecular weight is 320 g/mol. The number of ether oxygens (including phenoxy) is 1. The van der Waals surface area contributed by atoms with Crippen LogP contribution in [0.3, 0.4) is 0 Å². The minimum absolute atomic E-state index is 0.000557. The Morgan fingerprint density at radius 3 is 2.87 bits per heavy atom. The van der Waals surface area contributed by atoms with Gasteiger partial charge in [0.1, 0.15) is 19.3 Å². The van der Waals surface area contributed by atoms with E-state index in [1.165, 1.54) is 21.4 Å². The number of aryl methyl sites for hydroxylation is 2. The Hall–Kier alpha value is -2.97. The van der Waals surface area contributed by atoms with Gasteiger partial charge >= 0.3 is 11.8 Å². The second-order valence-corrected chi connectivity index (χ2v) is 4.78. The molecular formula is C14H16N4O5. The van der Waals surface area contributed by atoms with Gasteiger partial charge in [-0.3, -0.25) is 9.59 Å². The molecule has 2 rings (SSSR count). The van der Waals surface area contributed by atoms with Gasteiger partial charge in [0.2, 0.25) is 0 Å². The molecule has 0 amide bonds. The summed E-state index contributed by atoms with van der Waals surface area (Å²) in [5, 5.41) is 10.8. The summed E-state index contributed by atoms with van der Waals surface area (Å²) < 4.78 is 7.82. The van der Waals surface area contributed by atoms with E-state index < -0.39 is 10.9 Å².